The average Bonchev–Trinajstić information content (AvgIpc) is 3.25. The van der Waals surface area contributed by atoms with Crippen LogP contribution in [-0.2, 0) is 6.54 Å². The van der Waals surface area contributed by atoms with Gasteiger partial charge in [-0.25, -0.2) is 4.68 Å². The van der Waals surface area contributed by atoms with Gasteiger partial charge in [0.2, 0.25) is 0 Å². The Labute approximate surface area is 166 Å². The van der Waals surface area contributed by atoms with Gasteiger partial charge >= 0.3 is 0 Å². The van der Waals surface area contributed by atoms with Gasteiger partial charge in [-0.1, -0.05) is 24.6 Å². The molecule has 0 radical (unpaired) electrons. The molecule has 0 amide bonds. The van der Waals surface area contributed by atoms with Crippen LogP contribution in [0.2, 0.25) is 0 Å². The van der Waals surface area contributed by atoms with Gasteiger partial charge in [0, 0.05) is 39.1 Å². The number of hydrogen-bond acceptors (Lipinski definition) is 2. The molecule has 0 atom stereocenters. The van der Waals surface area contributed by atoms with E-state index in [0.29, 0.717) is 5.41 Å². The zero-order valence-electron chi connectivity index (χ0n) is 14.7. The summed E-state index contributed by atoms with van der Waals surface area (Å²) in [6.45, 7) is 3.04. The van der Waals surface area contributed by atoms with Crippen molar-refractivity contribution in [2.24, 2.45) is 10.4 Å². The highest BCUT2D eigenvalue weighted by Crippen LogP contribution is 2.47. The number of rotatable bonds is 3. The van der Waals surface area contributed by atoms with E-state index in [9.17, 15) is 0 Å². The molecular formula is C19H26IN5. The minimum absolute atomic E-state index is 0. The van der Waals surface area contributed by atoms with E-state index in [1.807, 2.05) is 30.2 Å². The SMILES string of the molecule is CN=C(NCc1ccccc1-n1cccn1)N1CCC2(CCC2)C1.I. The standard InChI is InChI=1S/C19H25N5.HI/c1-20-18(23-13-10-19(15-23)8-4-9-19)21-14-16-6-2-3-7-17(16)24-12-5-11-22-24;/h2-3,5-7,11-12H,4,8-10,13-15H2,1H3,(H,20,21);1H. The molecule has 25 heavy (non-hydrogen) atoms. The molecule has 4 rings (SSSR count). The van der Waals surface area contributed by atoms with Crippen molar-refractivity contribution >= 4 is 29.9 Å². The molecule has 1 aromatic carbocycles. The second-order valence-electron chi connectivity index (χ2n) is 7.01. The maximum Gasteiger partial charge on any atom is 0.193 e. The van der Waals surface area contributed by atoms with Crippen LogP contribution >= 0.6 is 24.0 Å². The summed E-state index contributed by atoms with van der Waals surface area (Å²) in [6.07, 6.45) is 9.29. The van der Waals surface area contributed by atoms with Gasteiger partial charge < -0.3 is 10.2 Å². The van der Waals surface area contributed by atoms with Gasteiger partial charge in [-0.3, -0.25) is 4.99 Å². The van der Waals surface area contributed by atoms with E-state index in [1.54, 1.807) is 0 Å². The summed E-state index contributed by atoms with van der Waals surface area (Å²) in [4.78, 5) is 6.94. The number of aliphatic imine (C=N–C) groups is 1. The molecule has 1 spiro atoms. The lowest BCUT2D eigenvalue weighted by molar-refractivity contribution is 0.151. The zero-order valence-corrected chi connectivity index (χ0v) is 17.0. The molecule has 2 heterocycles. The third-order valence-corrected chi connectivity index (χ3v) is 5.54. The fourth-order valence-electron chi connectivity index (χ4n) is 4.00. The molecule has 1 aliphatic carbocycles. The van der Waals surface area contributed by atoms with Gasteiger partial charge in [0.1, 0.15) is 0 Å². The van der Waals surface area contributed by atoms with Gasteiger partial charge in [-0.15, -0.1) is 24.0 Å². The van der Waals surface area contributed by atoms with E-state index >= 15 is 0 Å². The van der Waals surface area contributed by atoms with E-state index in [4.69, 9.17) is 0 Å². The Morgan fingerprint density at radius 1 is 1.24 bits per heavy atom. The van der Waals surface area contributed by atoms with Crippen LogP contribution < -0.4 is 5.32 Å². The number of para-hydroxylation sites is 1. The van der Waals surface area contributed by atoms with E-state index in [0.717, 1.165) is 31.3 Å². The Kier molecular flexibility index (Phi) is 5.66. The van der Waals surface area contributed by atoms with Crippen molar-refractivity contribution in [1.82, 2.24) is 20.0 Å². The number of aromatic nitrogens is 2. The lowest BCUT2D eigenvalue weighted by atomic mass is 9.68. The van der Waals surface area contributed by atoms with Crippen LogP contribution in [0.4, 0.5) is 0 Å². The first-order valence-corrected chi connectivity index (χ1v) is 8.83. The molecule has 1 aromatic heterocycles. The second kappa shape index (κ2) is 7.76. The number of nitrogens with one attached hydrogen (secondary N) is 1. The number of benzene rings is 1. The number of nitrogens with zero attached hydrogens (tertiary/aromatic N) is 4. The minimum Gasteiger partial charge on any atom is -0.352 e. The predicted molar refractivity (Wildman–Crippen MR) is 112 cm³/mol. The first kappa shape index (κ1) is 18.2. The average molecular weight is 451 g/mol. The van der Waals surface area contributed by atoms with Crippen LogP contribution in [0.25, 0.3) is 5.69 Å². The minimum atomic E-state index is 0. The Morgan fingerprint density at radius 2 is 2.08 bits per heavy atom. The van der Waals surface area contributed by atoms with Crippen LogP contribution in [0.1, 0.15) is 31.2 Å². The van der Waals surface area contributed by atoms with Gasteiger partial charge in [0.15, 0.2) is 5.96 Å². The van der Waals surface area contributed by atoms with Crippen LogP contribution in [0.15, 0.2) is 47.7 Å². The molecule has 6 heteroatoms. The Balaban J connectivity index is 0.00000182. The first-order valence-electron chi connectivity index (χ1n) is 8.83. The largest absolute Gasteiger partial charge is 0.352 e. The van der Waals surface area contributed by atoms with Crippen molar-refractivity contribution in [2.45, 2.75) is 32.2 Å². The maximum absolute atomic E-state index is 4.51. The number of hydrogen-bond donors (Lipinski definition) is 1. The summed E-state index contributed by atoms with van der Waals surface area (Å²) in [5.41, 5.74) is 2.92. The van der Waals surface area contributed by atoms with Crippen LogP contribution in [-0.4, -0.2) is 40.8 Å². The summed E-state index contributed by atoms with van der Waals surface area (Å²) in [5, 5.41) is 7.91. The van der Waals surface area contributed by atoms with Crippen molar-refractivity contribution in [2.75, 3.05) is 20.1 Å². The summed E-state index contributed by atoms with van der Waals surface area (Å²) in [5.74, 6) is 1.02. The molecule has 2 aromatic rings. The highest BCUT2D eigenvalue weighted by molar-refractivity contribution is 14.0. The number of halogens is 1. The first-order chi connectivity index (χ1) is 11.8. The molecule has 1 saturated heterocycles. The van der Waals surface area contributed by atoms with Gasteiger partial charge in [0.05, 0.1) is 5.69 Å². The van der Waals surface area contributed by atoms with Crippen molar-refractivity contribution in [3.8, 4) is 5.69 Å². The summed E-state index contributed by atoms with van der Waals surface area (Å²) in [7, 11) is 1.88. The summed E-state index contributed by atoms with van der Waals surface area (Å²) in [6, 6.07) is 10.3. The van der Waals surface area contributed by atoms with E-state index in [2.05, 4.69) is 44.6 Å². The predicted octanol–water partition coefficient (Wildman–Crippen LogP) is 3.44. The molecular weight excluding hydrogens is 425 g/mol. The monoisotopic (exact) mass is 451 g/mol. The third kappa shape index (κ3) is 3.68. The second-order valence-corrected chi connectivity index (χ2v) is 7.01. The lowest BCUT2D eigenvalue weighted by Gasteiger charge is -2.38. The molecule has 1 N–H and O–H groups in total. The molecule has 1 saturated carbocycles. The molecule has 2 aliphatic rings. The molecule has 2 fully saturated rings. The van der Waals surface area contributed by atoms with Gasteiger partial charge in [-0.2, -0.15) is 5.10 Å². The van der Waals surface area contributed by atoms with Gasteiger partial charge in [-0.05, 0) is 42.4 Å². The van der Waals surface area contributed by atoms with E-state index in [-0.39, 0.29) is 24.0 Å². The molecule has 0 bridgehead atoms. The topological polar surface area (TPSA) is 45.5 Å². The van der Waals surface area contributed by atoms with Gasteiger partial charge in [0.25, 0.3) is 0 Å². The maximum atomic E-state index is 4.51. The Morgan fingerprint density at radius 3 is 2.72 bits per heavy atom. The summed E-state index contributed by atoms with van der Waals surface area (Å²) >= 11 is 0. The van der Waals surface area contributed by atoms with Crippen LogP contribution in [0.5, 0.6) is 0 Å². The van der Waals surface area contributed by atoms with Crippen molar-refractivity contribution in [3.05, 3.63) is 48.3 Å². The molecule has 134 valence electrons. The highest BCUT2D eigenvalue weighted by atomic mass is 127. The zero-order chi connectivity index (χ0) is 16.4. The quantitative estimate of drug-likeness (QED) is 0.442. The summed E-state index contributed by atoms with van der Waals surface area (Å²) < 4.78 is 1.92. The Hall–Kier alpha value is -1.57. The molecule has 0 unspecified atom stereocenters. The lowest BCUT2D eigenvalue weighted by Crippen LogP contribution is -2.42. The molecule has 1 aliphatic heterocycles. The van der Waals surface area contributed by atoms with Crippen molar-refractivity contribution < 1.29 is 0 Å². The normalized spacial score (nSPS) is 18.8. The number of likely N-dealkylation sites (tertiary alicyclic amines) is 1. The van der Waals surface area contributed by atoms with E-state index < -0.39 is 0 Å². The van der Waals surface area contributed by atoms with E-state index in [1.165, 1.54) is 31.2 Å². The van der Waals surface area contributed by atoms with Crippen LogP contribution in [0.3, 0.4) is 0 Å². The van der Waals surface area contributed by atoms with Crippen molar-refractivity contribution in [3.63, 3.8) is 0 Å². The van der Waals surface area contributed by atoms with Crippen molar-refractivity contribution in [1.29, 1.82) is 0 Å². The fourth-order valence-corrected chi connectivity index (χ4v) is 4.00. The highest BCUT2D eigenvalue weighted by Gasteiger charge is 2.43. The Bertz CT molecular complexity index is 721. The van der Waals surface area contributed by atoms with Crippen LogP contribution in [0, 0.1) is 5.41 Å². The molecule has 5 nitrogen and oxygen atoms in total. The smallest absolute Gasteiger partial charge is 0.193 e. The fraction of sp³-hybridized carbons (Fsp3) is 0.474. The third-order valence-electron chi connectivity index (χ3n) is 5.54. The number of guanidine groups is 1.